The summed E-state index contributed by atoms with van der Waals surface area (Å²) in [7, 11) is 0. The zero-order chi connectivity index (χ0) is 15.8. The molecule has 4 rings (SSSR count). The van der Waals surface area contributed by atoms with E-state index in [0.717, 1.165) is 47.7 Å². The first-order chi connectivity index (χ1) is 11.2. The lowest BCUT2D eigenvalue weighted by Crippen LogP contribution is -2.36. The molecule has 2 aromatic heterocycles. The van der Waals surface area contributed by atoms with Crippen LogP contribution in [-0.2, 0) is 11.3 Å². The minimum Gasteiger partial charge on any atom is -0.379 e. The van der Waals surface area contributed by atoms with Crippen LogP contribution in [0.3, 0.4) is 0 Å². The maximum absolute atomic E-state index is 6.27. The third kappa shape index (κ3) is 3.07. The average Bonchev–Trinajstić information content (AvgIpc) is 3.10. The highest BCUT2D eigenvalue weighted by Crippen LogP contribution is 2.33. The number of ether oxygens (including phenoxy) is 1. The normalized spacial score (nSPS) is 16.3. The molecule has 0 aliphatic carbocycles. The molecule has 120 valence electrons. The van der Waals surface area contributed by atoms with Crippen LogP contribution in [0.4, 0.5) is 0 Å². The molecule has 3 heterocycles. The molecule has 0 unspecified atom stereocenters. The smallest absolute Gasteiger partial charge is 0.235 e. The molecule has 9 heteroatoms. The van der Waals surface area contributed by atoms with E-state index in [9.17, 15) is 0 Å². The van der Waals surface area contributed by atoms with Crippen molar-refractivity contribution >= 4 is 39.5 Å². The molecule has 23 heavy (non-hydrogen) atoms. The van der Waals surface area contributed by atoms with Crippen LogP contribution in [0.1, 0.15) is 5.82 Å². The lowest BCUT2D eigenvalue weighted by Gasteiger charge is -2.25. The van der Waals surface area contributed by atoms with E-state index in [4.69, 9.17) is 27.9 Å². The van der Waals surface area contributed by atoms with Crippen LogP contribution in [0.5, 0.6) is 0 Å². The highest BCUT2D eigenvalue weighted by Gasteiger charge is 2.18. The molecule has 1 aliphatic heterocycles. The third-order valence-corrected chi connectivity index (χ3v) is 5.17. The Hall–Kier alpha value is -1.25. The summed E-state index contributed by atoms with van der Waals surface area (Å²) in [6.45, 7) is 4.02. The van der Waals surface area contributed by atoms with Crippen molar-refractivity contribution < 1.29 is 4.74 Å². The van der Waals surface area contributed by atoms with Crippen molar-refractivity contribution in [2.75, 3.05) is 26.3 Å². The molecule has 3 aromatic rings. The summed E-state index contributed by atoms with van der Waals surface area (Å²) in [4.78, 5) is 3.04. The summed E-state index contributed by atoms with van der Waals surface area (Å²) in [5, 5.41) is 15.1. The number of benzene rings is 1. The highest BCUT2D eigenvalue weighted by atomic mass is 35.5. The molecule has 0 bridgehead atoms. The highest BCUT2D eigenvalue weighted by molar-refractivity contribution is 7.19. The van der Waals surface area contributed by atoms with Crippen molar-refractivity contribution in [2.45, 2.75) is 6.54 Å². The molecule has 1 fully saturated rings. The van der Waals surface area contributed by atoms with E-state index in [1.54, 1.807) is 16.6 Å². The summed E-state index contributed by atoms with van der Waals surface area (Å²) in [6, 6.07) is 5.40. The van der Waals surface area contributed by atoms with E-state index in [2.05, 4.69) is 20.2 Å². The molecule has 1 aromatic carbocycles. The first-order valence-corrected chi connectivity index (χ1v) is 8.74. The van der Waals surface area contributed by atoms with Gasteiger partial charge in [0.1, 0.15) is 5.01 Å². The molecule has 0 amide bonds. The van der Waals surface area contributed by atoms with Crippen molar-refractivity contribution in [2.24, 2.45) is 0 Å². The number of morpholine rings is 1. The minimum absolute atomic E-state index is 0.581. The van der Waals surface area contributed by atoms with Crippen molar-refractivity contribution in [1.82, 2.24) is 24.7 Å². The van der Waals surface area contributed by atoms with Gasteiger partial charge in [-0.2, -0.15) is 9.61 Å². The maximum Gasteiger partial charge on any atom is 0.235 e. The molecular formula is C14H13Cl2N5OS. The van der Waals surface area contributed by atoms with Gasteiger partial charge in [0.2, 0.25) is 4.96 Å². The number of aromatic nitrogens is 4. The summed E-state index contributed by atoms with van der Waals surface area (Å²) in [5.41, 5.74) is 0.851. The lowest BCUT2D eigenvalue weighted by molar-refractivity contribution is 0.0328. The first kappa shape index (κ1) is 15.3. The van der Waals surface area contributed by atoms with E-state index in [1.807, 2.05) is 6.07 Å². The number of fused-ring (bicyclic) bond motifs is 1. The standard InChI is InChI=1S/C14H13Cl2N5OS/c15-9-1-2-10(11(16)7-9)13-19-21-12(17-18-14(21)23-13)8-20-3-5-22-6-4-20/h1-2,7H,3-6,8H2. The molecule has 0 radical (unpaired) electrons. The predicted molar refractivity (Wildman–Crippen MR) is 90.2 cm³/mol. The van der Waals surface area contributed by atoms with E-state index in [-0.39, 0.29) is 0 Å². The van der Waals surface area contributed by atoms with E-state index >= 15 is 0 Å². The van der Waals surface area contributed by atoms with E-state index in [0.29, 0.717) is 16.6 Å². The Bertz CT molecular complexity index is 843. The zero-order valence-electron chi connectivity index (χ0n) is 12.1. The van der Waals surface area contributed by atoms with Crippen molar-refractivity contribution in [3.8, 4) is 10.6 Å². The Morgan fingerprint density at radius 3 is 2.78 bits per heavy atom. The second-order valence-corrected chi connectivity index (χ2v) is 7.03. The number of nitrogens with zero attached hydrogens (tertiary/aromatic N) is 5. The van der Waals surface area contributed by atoms with Crippen LogP contribution < -0.4 is 0 Å². The van der Waals surface area contributed by atoms with Gasteiger partial charge in [-0.3, -0.25) is 4.90 Å². The topological polar surface area (TPSA) is 55.5 Å². The lowest BCUT2D eigenvalue weighted by atomic mass is 10.2. The summed E-state index contributed by atoms with van der Waals surface area (Å²) in [5.74, 6) is 0.828. The number of rotatable bonds is 3. The fourth-order valence-corrected chi connectivity index (χ4v) is 3.94. The molecule has 1 aliphatic rings. The SMILES string of the molecule is Clc1ccc(-c2nn3c(CN4CCOCC4)nnc3s2)c(Cl)c1. The zero-order valence-corrected chi connectivity index (χ0v) is 14.4. The number of hydrogen-bond donors (Lipinski definition) is 0. The van der Waals surface area contributed by atoms with Crippen LogP contribution in [0, 0.1) is 0 Å². The second-order valence-electron chi connectivity index (χ2n) is 5.23. The fourth-order valence-electron chi connectivity index (χ4n) is 2.49. The number of hydrogen-bond acceptors (Lipinski definition) is 6. The van der Waals surface area contributed by atoms with Crippen LogP contribution in [0.25, 0.3) is 15.5 Å². The van der Waals surface area contributed by atoms with Crippen molar-refractivity contribution in [1.29, 1.82) is 0 Å². The van der Waals surface area contributed by atoms with Crippen LogP contribution in [0.15, 0.2) is 18.2 Å². The quantitative estimate of drug-likeness (QED) is 0.710. The Morgan fingerprint density at radius 2 is 2.00 bits per heavy atom. The van der Waals surface area contributed by atoms with Gasteiger partial charge < -0.3 is 4.74 Å². The molecule has 0 spiro atoms. The number of halogens is 2. The average molecular weight is 370 g/mol. The molecule has 1 saturated heterocycles. The largest absolute Gasteiger partial charge is 0.379 e. The predicted octanol–water partition coefficient (Wildman–Crippen LogP) is 2.99. The van der Waals surface area contributed by atoms with Gasteiger partial charge in [-0.25, -0.2) is 0 Å². The summed E-state index contributed by atoms with van der Waals surface area (Å²) >= 11 is 13.7. The van der Waals surface area contributed by atoms with Gasteiger partial charge in [-0.1, -0.05) is 34.5 Å². The monoisotopic (exact) mass is 369 g/mol. The first-order valence-electron chi connectivity index (χ1n) is 7.17. The molecule has 0 atom stereocenters. The summed E-state index contributed by atoms with van der Waals surface area (Å²) < 4.78 is 7.16. The van der Waals surface area contributed by atoms with Gasteiger partial charge in [0.05, 0.1) is 24.8 Å². The van der Waals surface area contributed by atoms with Crippen LogP contribution in [0.2, 0.25) is 10.0 Å². The van der Waals surface area contributed by atoms with Gasteiger partial charge >= 0.3 is 0 Å². The van der Waals surface area contributed by atoms with E-state index < -0.39 is 0 Å². The van der Waals surface area contributed by atoms with Gasteiger partial charge in [0.15, 0.2) is 5.82 Å². The van der Waals surface area contributed by atoms with Crippen LogP contribution in [-0.4, -0.2) is 51.0 Å². The second kappa shape index (κ2) is 6.33. The van der Waals surface area contributed by atoms with Gasteiger partial charge in [0.25, 0.3) is 0 Å². The molecule has 6 nitrogen and oxygen atoms in total. The van der Waals surface area contributed by atoms with E-state index in [1.165, 1.54) is 11.3 Å². The molecular weight excluding hydrogens is 357 g/mol. The van der Waals surface area contributed by atoms with Crippen molar-refractivity contribution in [3.05, 3.63) is 34.1 Å². The van der Waals surface area contributed by atoms with Gasteiger partial charge in [-0.15, -0.1) is 10.2 Å². The molecule has 0 saturated carbocycles. The third-order valence-electron chi connectivity index (χ3n) is 3.69. The Kier molecular flexibility index (Phi) is 4.21. The Balaban J connectivity index is 1.65. The Morgan fingerprint density at radius 1 is 1.17 bits per heavy atom. The van der Waals surface area contributed by atoms with Gasteiger partial charge in [-0.05, 0) is 18.2 Å². The Labute approximate surface area is 146 Å². The van der Waals surface area contributed by atoms with Gasteiger partial charge in [0, 0.05) is 23.7 Å². The van der Waals surface area contributed by atoms with Crippen molar-refractivity contribution in [3.63, 3.8) is 0 Å². The molecule has 0 N–H and O–H groups in total. The summed E-state index contributed by atoms with van der Waals surface area (Å²) in [6.07, 6.45) is 0. The maximum atomic E-state index is 6.27. The minimum atomic E-state index is 0.581. The van der Waals surface area contributed by atoms with Crippen LogP contribution >= 0.6 is 34.5 Å². The fraction of sp³-hybridized carbons (Fsp3) is 0.357.